The molecule has 2 heterocycles. The molecule has 7 nitrogen and oxygen atoms in total. The van der Waals surface area contributed by atoms with Crippen molar-refractivity contribution in [1.29, 1.82) is 0 Å². The predicted octanol–water partition coefficient (Wildman–Crippen LogP) is 3.22. The standard InChI is InChI=1S/C24H23F3N4O3/c25-24(26,27)23(34)31(16-10-18-7-13-29-14-8-18)21(19-1-3-20(32)4-2-19)22(33)30-15-9-17-5-11-28-12-6-17/h1-8,11-14,21,32H,9-10,15-16H2,(H,30,33). The van der Waals surface area contributed by atoms with Gasteiger partial charge in [-0.25, -0.2) is 0 Å². The van der Waals surface area contributed by atoms with Gasteiger partial charge in [0.1, 0.15) is 11.8 Å². The van der Waals surface area contributed by atoms with Gasteiger partial charge in [0.05, 0.1) is 0 Å². The number of hydrogen-bond acceptors (Lipinski definition) is 5. The molecule has 0 fully saturated rings. The van der Waals surface area contributed by atoms with Gasteiger partial charge in [0, 0.05) is 37.9 Å². The summed E-state index contributed by atoms with van der Waals surface area (Å²) in [6.45, 7) is -0.207. The van der Waals surface area contributed by atoms with Crippen LogP contribution in [-0.4, -0.2) is 51.1 Å². The number of phenolic OH excluding ortho intramolecular Hbond substituents is 1. The van der Waals surface area contributed by atoms with Gasteiger partial charge in [-0.05, 0) is 65.9 Å². The lowest BCUT2D eigenvalue weighted by molar-refractivity contribution is -0.188. The number of carbonyl (C=O) groups is 2. The third-order valence-corrected chi connectivity index (χ3v) is 5.13. The molecule has 0 aliphatic carbocycles. The van der Waals surface area contributed by atoms with Gasteiger partial charge >= 0.3 is 12.1 Å². The molecule has 2 N–H and O–H groups in total. The number of rotatable bonds is 9. The van der Waals surface area contributed by atoms with Gasteiger partial charge in [-0.1, -0.05) is 12.1 Å². The van der Waals surface area contributed by atoms with Crippen molar-refractivity contribution in [1.82, 2.24) is 20.2 Å². The maximum absolute atomic E-state index is 13.5. The lowest BCUT2D eigenvalue weighted by Gasteiger charge is -2.32. The van der Waals surface area contributed by atoms with Crippen molar-refractivity contribution in [2.45, 2.75) is 25.1 Å². The van der Waals surface area contributed by atoms with Crippen molar-refractivity contribution in [2.75, 3.05) is 13.1 Å². The number of nitrogens with zero attached hydrogens (tertiary/aromatic N) is 3. The van der Waals surface area contributed by atoms with Crippen molar-refractivity contribution in [3.8, 4) is 5.75 Å². The largest absolute Gasteiger partial charge is 0.508 e. The van der Waals surface area contributed by atoms with Crippen molar-refractivity contribution in [3.05, 3.63) is 90.0 Å². The van der Waals surface area contributed by atoms with Crippen LogP contribution in [0.1, 0.15) is 22.7 Å². The topological polar surface area (TPSA) is 95.4 Å². The average molecular weight is 472 g/mol. The van der Waals surface area contributed by atoms with Crippen LogP contribution in [0.3, 0.4) is 0 Å². The van der Waals surface area contributed by atoms with E-state index in [1.165, 1.54) is 36.7 Å². The zero-order valence-electron chi connectivity index (χ0n) is 18.1. The van der Waals surface area contributed by atoms with Gasteiger partial charge in [-0.2, -0.15) is 13.2 Å². The highest BCUT2D eigenvalue weighted by molar-refractivity contribution is 5.90. The summed E-state index contributed by atoms with van der Waals surface area (Å²) in [6.07, 6.45) is 1.52. The van der Waals surface area contributed by atoms with Crippen LogP contribution in [0.5, 0.6) is 5.75 Å². The molecular weight excluding hydrogens is 449 g/mol. The molecule has 0 radical (unpaired) electrons. The highest BCUT2D eigenvalue weighted by Gasteiger charge is 2.46. The zero-order chi connectivity index (χ0) is 24.6. The molecule has 34 heavy (non-hydrogen) atoms. The van der Waals surface area contributed by atoms with Crippen molar-refractivity contribution in [3.63, 3.8) is 0 Å². The fraction of sp³-hybridized carbons (Fsp3) is 0.250. The summed E-state index contributed by atoms with van der Waals surface area (Å²) in [5.74, 6) is -3.00. The van der Waals surface area contributed by atoms with Crippen molar-refractivity contribution in [2.24, 2.45) is 0 Å². The Labute approximate surface area is 194 Å². The van der Waals surface area contributed by atoms with Crippen LogP contribution < -0.4 is 5.32 Å². The van der Waals surface area contributed by atoms with E-state index in [0.29, 0.717) is 16.9 Å². The Hall–Kier alpha value is -3.95. The fourth-order valence-electron chi connectivity index (χ4n) is 3.42. The number of benzene rings is 1. The molecule has 3 rings (SSSR count). The first-order chi connectivity index (χ1) is 16.3. The maximum Gasteiger partial charge on any atom is 0.471 e. The van der Waals surface area contributed by atoms with E-state index in [1.807, 2.05) is 0 Å². The first-order valence-corrected chi connectivity index (χ1v) is 10.5. The number of halogens is 3. The van der Waals surface area contributed by atoms with E-state index in [-0.39, 0.29) is 30.8 Å². The molecule has 0 aliphatic rings. The summed E-state index contributed by atoms with van der Waals surface area (Å²) in [4.78, 5) is 33.9. The molecule has 178 valence electrons. The smallest absolute Gasteiger partial charge is 0.471 e. The Balaban J connectivity index is 1.87. The van der Waals surface area contributed by atoms with Crippen LogP contribution in [-0.2, 0) is 22.4 Å². The van der Waals surface area contributed by atoms with Gasteiger partial charge < -0.3 is 15.3 Å². The van der Waals surface area contributed by atoms with Crippen LogP contribution in [0.25, 0.3) is 0 Å². The number of phenols is 1. The molecule has 0 spiro atoms. The van der Waals surface area contributed by atoms with E-state index in [2.05, 4.69) is 15.3 Å². The highest BCUT2D eigenvalue weighted by atomic mass is 19.4. The normalized spacial score (nSPS) is 12.1. The Morgan fingerprint density at radius 1 is 0.882 bits per heavy atom. The third kappa shape index (κ3) is 6.77. The number of carbonyl (C=O) groups excluding carboxylic acids is 2. The number of hydrogen-bond donors (Lipinski definition) is 2. The van der Waals surface area contributed by atoms with Gasteiger partial charge in [0.2, 0.25) is 5.91 Å². The van der Waals surface area contributed by atoms with Crippen molar-refractivity contribution >= 4 is 11.8 Å². The van der Waals surface area contributed by atoms with Crippen molar-refractivity contribution < 1.29 is 27.9 Å². The molecule has 1 unspecified atom stereocenters. The van der Waals surface area contributed by atoms with E-state index in [9.17, 15) is 27.9 Å². The summed E-state index contributed by atoms with van der Waals surface area (Å²) in [6, 6.07) is 10.4. The second-order valence-electron chi connectivity index (χ2n) is 7.49. The van der Waals surface area contributed by atoms with E-state index in [0.717, 1.165) is 5.56 Å². The first-order valence-electron chi connectivity index (χ1n) is 10.5. The second-order valence-corrected chi connectivity index (χ2v) is 7.49. The Kier molecular flexibility index (Phi) is 8.18. The average Bonchev–Trinajstić information content (AvgIpc) is 2.83. The monoisotopic (exact) mass is 472 g/mol. The van der Waals surface area contributed by atoms with Gasteiger partial charge in [-0.3, -0.25) is 19.6 Å². The predicted molar refractivity (Wildman–Crippen MR) is 118 cm³/mol. The van der Waals surface area contributed by atoms with E-state index >= 15 is 0 Å². The molecule has 3 aromatic rings. The van der Waals surface area contributed by atoms with Gasteiger partial charge in [0.25, 0.3) is 0 Å². The highest BCUT2D eigenvalue weighted by Crippen LogP contribution is 2.29. The third-order valence-electron chi connectivity index (χ3n) is 5.13. The summed E-state index contributed by atoms with van der Waals surface area (Å²) in [5.41, 5.74) is 1.70. The number of amides is 2. The van der Waals surface area contributed by atoms with Gasteiger partial charge in [0.15, 0.2) is 0 Å². The van der Waals surface area contributed by atoms with Crippen LogP contribution in [0.2, 0.25) is 0 Å². The Morgan fingerprint density at radius 2 is 1.41 bits per heavy atom. The minimum atomic E-state index is -5.18. The zero-order valence-corrected chi connectivity index (χ0v) is 18.1. The molecule has 1 aromatic carbocycles. The lowest BCUT2D eigenvalue weighted by Crippen LogP contribution is -2.49. The number of nitrogens with one attached hydrogen (secondary N) is 1. The van der Waals surface area contributed by atoms with E-state index in [1.54, 1.807) is 36.7 Å². The molecule has 2 aromatic heterocycles. The second kappa shape index (κ2) is 11.3. The number of alkyl halides is 3. The van der Waals surface area contributed by atoms with Crippen LogP contribution in [0, 0.1) is 0 Å². The summed E-state index contributed by atoms with van der Waals surface area (Å²) >= 11 is 0. The molecule has 1 atom stereocenters. The molecule has 2 amide bonds. The summed E-state index contributed by atoms with van der Waals surface area (Å²) in [7, 11) is 0. The molecular formula is C24H23F3N4O3. The van der Waals surface area contributed by atoms with Crippen LogP contribution in [0.15, 0.2) is 73.3 Å². The summed E-state index contributed by atoms with van der Waals surface area (Å²) < 4.78 is 40.6. The maximum atomic E-state index is 13.5. The van der Waals surface area contributed by atoms with Gasteiger partial charge in [-0.15, -0.1) is 0 Å². The number of pyridine rings is 2. The van der Waals surface area contributed by atoms with E-state index < -0.39 is 24.0 Å². The SMILES string of the molecule is O=C(NCCc1ccncc1)C(c1ccc(O)cc1)N(CCc1ccncc1)C(=O)C(F)(F)F. The van der Waals surface area contributed by atoms with E-state index in [4.69, 9.17) is 0 Å². The lowest BCUT2D eigenvalue weighted by atomic mass is 10.0. The molecule has 0 bridgehead atoms. The van der Waals surface area contributed by atoms with Crippen LogP contribution in [0.4, 0.5) is 13.2 Å². The minimum Gasteiger partial charge on any atom is -0.508 e. The first kappa shape index (κ1) is 24.7. The molecule has 0 saturated heterocycles. The molecule has 10 heteroatoms. The number of aromatic hydroxyl groups is 1. The quantitative estimate of drug-likeness (QED) is 0.499. The Bertz CT molecular complexity index is 1080. The van der Waals surface area contributed by atoms with Crippen LogP contribution >= 0.6 is 0 Å². The number of aromatic nitrogens is 2. The molecule has 0 aliphatic heterocycles. The molecule has 0 saturated carbocycles. The Morgan fingerprint density at radius 3 is 1.94 bits per heavy atom. The minimum absolute atomic E-state index is 0.0865. The fourth-order valence-corrected chi connectivity index (χ4v) is 3.42. The summed E-state index contributed by atoms with van der Waals surface area (Å²) in [5, 5.41) is 12.2.